The van der Waals surface area contributed by atoms with Crippen molar-refractivity contribution in [3.63, 3.8) is 0 Å². The molecule has 3 heterocycles. The Balaban J connectivity index is 1.68. The number of hydrogen-bond donors (Lipinski definition) is 2. The van der Waals surface area contributed by atoms with E-state index in [1.165, 1.54) is 27.1 Å². The first kappa shape index (κ1) is 24.2. The van der Waals surface area contributed by atoms with Gasteiger partial charge in [0.25, 0.3) is 5.56 Å². The molecule has 1 aromatic carbocycles. The Labute approximate surface area is 205 Å². The zero-order valence-electron chi connectivity index (χ0n) is 19.6. The van der Waals surface area contributed by atoms with E-state index in [0.29, 0.717) is 24.4 Å². The average Bonchev–Trinajstić information content (AvgIpc) is 3.50. The predicted molar refractivity (Wildman–Crippen MR) is 137 cm³/mol. The second-order valence-electron chi connectivity index (χ2n) is 8.25. The minimum Gasteiger partial charge on any atom is -0.467 e. The average molecular weight is 494 g/mol. The number of aromatic amines is 1. The van der Waals surface area contributed by atoms with Crippen LogP contribution in [0.4, 0.5) is 11.5 Å². The largest absolute Gasteiger partial charge is 0.467 e. The quantitative estimate of drug-likeness (QED) is 0.366. The Morgan fingerprint density at radius 2 is 2.09 bits per heavy atom. The molecule has 0 fully saturated rings. The number of anilines is 2. The number of H-pyrrole nitrogens is 1. The molecule has 0 aliphatic carbocycles. The molecule has 0 saturated heterocycles. The van der Waals surface area contributed by atoms with Gasteiger partial charge in [-0.2, -0.15) is 0 Å². The molecule has 0 aliphatic heterocycles. The maximum absolute atomic E-state index is 13.5. The number of furan rings is 1. The number of aromatic nitrogens is 3. The smallest absolute Gasteiger partial charge is 0.330 e. The van der Waals surface area contributed by atoms with E-state index in [2.05, 4.69) is 9.97 Å². The van der Waals surface area contributed by atoms with Gasteiger partial charge in [-0.25, -0.2) is 9.78 Å². The van der Waals surface area contributed by atoms with Gasteiger partial charge in [0.1, 0.15) is 16.6 Å². The van der Waals surface area contributed by atoms with Crippen molar-refractivity contribution in [3.8, 4) is 10.6 Å². The number of amides is 1. The number of nitrogens with two attached hydrogens (primary N) is 1. The summed E-state index contributed by atoms with van der Waals surface area (Å²) < 4.78 is 6.72. The maximum Gasteiger partial charge on any atom is 0.330 e. The van der Waals surface area contributed by atoms with Gasteiger partial charge in [-0.05, 0) is 31.5 Å². The van der Waals surface area contributed by atoms with Crippen LogP contribution in [0.2, 0.25) is 0 Å². The third-order valence-electron chi connectivity index (χ3n) is 5.56. The van der Waals surface area contributed by atoms with Gasteiger partial charge in [-0.15, -0.1) is 11.3 Å². The lowest BCUT2D eigenvalue weighted by molar-refractivity contribution is -0.118. The number of nitrogens with one attached hydrogen (secondary N) is 1. The summed E-state index contributed by atoms with van der Waals surface area (Å²) >= 11 is 1.45. The fourth-order valence-electron chi connectivity index (χ4n) is 3.78. The van der Waals surface area contributed by atoms with Crippen LogP contribution in [0.1, 0.15) is 36.8 Å². The van der Waals surface area contributed by atoms with Crippen LogP contribution in [0.5, 0.6) is 0 Å². The molecule has 4 rings (SSSR count). The number of carbonyl (C=O) groups excluding carboxylic acids is 1. The standard InChI is InChI=1S/C25H27N5O4S/c1-3-4-10-29-22(26)21(23(32)28-25(29)33)30(14-19-9-6-11-34-19)20(31)13-18-15-35-24(27-18)17-8-5-7-16(2)12-17/h5-9,11-12,15H,3-4,10,13-14,26H2,1-2H3,(H,28,32,33). The van der Waals surface area contributed by atoms with Crippen LogP contribution in [0, 0.1) is 6.92 Å². The van der Waals surface area contributed by atoms with Crippen LogP contribution in [0.3, 0.4) is 0 Å². The highest BCUT2D eigenvalue weighted by molar-refractivity contribution is 7.13. The fraction of sp³-hybridized carbons (Fsp3) is 0.280. The molecule has 10 heteroatoms. The summed E-state index contributed by atoms with van der Waals surface area (Å²) in [6.45, 7) is 4.31. The monoisotopic (exact) mass is 493 g/mol. The van der Waals surface area contributed by atoms with E-state index in [0.717, 1.165) is 22.6 Å². The molecule has 0 unspecified atom stereocenters. The molecular weight excluding hydrogens is 466 g/mol. The minimum atomic E-state index is -0.723. The van der Waals surface area contributed by atoms with Gasteiger partial charge >= 0.3 is 5.69 Å². The summed E-state index contributed by atoms with van der Waals surface area (Å²) in [6.07, 6.45) is 2.98. The van der Waals surface area contributed by atoms with E-state index in [-0.39, 0.29) is 30.4 Å². The molecule has 0 radical (unpaired) electrons. The molecule has 0 saturated carbocycles. The van der Waals surface area contributed by atoms with Crippen molar-refractivity contribution in [1.82, 2.24) is 14.5 Å². The number of thiazole rings is 1. The molecule has 3 aromatic heterocycles. The van der Waals surface area contributed by atoms with Crippen LogP contribution in [0.25, 0.3) is 10.6 Å². The van der Waals surface area contributed by atoms with E-state index in [4.69, 9.17) is 10.2 Å². The Kier molecular flexibility index (Phi) is 7.31. The highest BCUT2D eigenvalue weighted by Crippen LogP contribution is 2.26. The molecular formula is C25H27N5O4S. The summed E-state index contributed by atoms with van der Waals surface area (Å²) in [4.78, 5) is 46.9. The van der Waals surface area contributed by atoms with Crippen molar-refractivity contribution in [3.05, 3.63) is 85.9 Å². The summed E-state index contributed by atoms with van der Waals surface area (Å²) in [7, 11) is 0. The third kappa shape index (κ3) is 5.43. The van der Waals surface area contributed by atoms with E-state index in [1.807, 2.05) is 43.5 Å². The van der Waals surface area contributed by atoms with E-state index >= 15 is 0 Å². The second-order valence-corrected chi connectivity index (χ2v) is 9.11. The highest BCUT2D eigenvalue weighted by atomic mass is 32.1. The van der Waals surface area contributed by atoms with Crippen molar-refractivity contribution in [2.75, 3.05) is 10.6 Å². The van der Waals surface area contributed by atoms with Gasteiger partial charge in [0.15, 0.2) is 5.69 Å². The first-order valence-corrected chi connectivity index (χ1v) is 12.2. The lowest BCUT2D eigenvalue weighted by atomic mass is 10.1. The molecule has 1 amide bonds. The highest BCUT2D eigenvalue weighted by Gasteiger charge is 2.26. The van der Waals surface area contributed by atoms with E-state index < -0.39 is 11.2 Å². The predicted octanol–water partition coefficient (Wildman–Crippen LogP) is 3.72. The van der Waals surface area contributed by atoms with E-state index in [1.54, 1.807) is 12.1 Å². The van der Waals surface area contributed by atoms with Crippen LogP contribution in [0.15, 0.2) is 62.0 Å². The van der Waals surface area contributed by atoms with Crippen LogP contribution >= 0.6 is 11.3 Å². The minimum absolute atomic E-state index is 0.0139. The number of rotatable bonds is 9. The van der Waals surface area contributed by atoms with Crippen LogP contribution in [-0.4, -0.2) is 20.4 Å². The Bertz CT molecular complexity index is 1430. The molecule has 182 valence electrons. The first-order valence-electron chi connectivity index (χ1n) is 11.3. The molecule has 0 atom stereocenters. The normalized spacial score (nSPS) is 11.0. The van der Waals surface area contributed by atoms with Gasteiger partial charge in [0, 0.05) is 17.5 Å². The zero-order valence-corrected chi connectivity index (χ0v) is 20.4. The number of aryl methyl sites for hydroxylation is 1. The Hall–Kier alpha value is -3.92. The van der Waals surface area contributed by atoms with Gasteiger partial charge < -0.3 is 10.2 Å². The number of carbonyl (C=O) groups is 1. The van der Waals surface area contributed by atoms with Crippen LogP contribution < -0.4 is 21.9 Å². The topological polar surface area (TPSA) is 127 Å². The summed E-state index contributed by atoms with van der Waals surface area (Å²) in [5.41, 5.74) is 7.56. The Morgan fingerprint density at radius 1 is 1.26 bits per heavy atom. The molecule has 3 N–H and O–H groups in total. The number of nitrogens with zero attached hydrogens (tertiary/aromatic N) is 3. The van der Waals surface area contributed by atoms with Gasteiger partial charge in [0.2, 0.25) is 5.91 Å². The third-order valence-corrected chi connectivity index (χ3v) is 6.50. The number of nitrogen functional groups attached to an aromatic ring is 1. The lowest BCUT2D eigenvalue weighted by Gasteiger charge is -2.23. The van der Waals surface area contributed by atoms with Crippen molar-refractivity contribution in [1.29, 1.82) is 0 Å². The number of benzene rings is 1. The second kappa shape index (κ2) is 10.6. The first-order chi connectivity index (χ1) is 16.9. The van der Waals surface area contributed by atoms with Crippen molar-refractivity contribution in [2.24, 2.45) is 0 Å². The SMILES string of the molecule is CCCCn1c(N)c(N(Cc2ccco2)C(=O)Cc2csc(-c3cccc(C)c3)n2)c(=O)[nH]c1=O. The molecule has 0 aliphatic rings. The van der Waals surface area contributed by atoms with Crippen molar-refractivity contribution in [2.45, 2.75) is 46.2 Å². The fourth-order valence-corrected chi connectivity index (χ4v) is 4.59. The Morgan fingerprint density at radius 3 is 2.80 bits per heavy atom. The molecule has 0 bridgehead atoms. The van der Waals surface area contributed by atoms with Gasteiger partial charge in [-0.1, -0.05) is 37.1 Å². The van der Waals surface area contributed by atoms with E-state index in [9.17, 15) is 14.4 Å². The van der Waals surface area contributed by atoms with Gasteiger partial charge in [0.05, 0.1) is 24.9 Å². The molecule has 9 nitrogen and oxygen atoms in total. The molecule has 0 spiro atoms. The van der Waals surface area contributed by atoms with Crippen molar-refractivity contribution >= 4 is 28.7 Å². The zero-order chi connectivity index (χ0) is 24.9. The van der Waals surface area contributed by atoms with Crippen LogP contribution in [-0.2, 0) is 24.3 Å². The maximum atomic E-state index is 13.5. The summed E-state index contributed by atoms with van der Waals surface area (Å²) in [5.74, 6) is 0.0356. The molecule has 4 aromatic rings. The number of hydrogen-bond acceptors (Lipinski definition) is 7. The summed E-state index contributed by atoms with van der Waals surface area (Å²) in [5, 5.41) is 2.63. The number of unbranched alkanes of at least 4 members (excludes halogenated alkanes) is 1. The summed E-state index contributed by atoms with van der Waals surface area (Å²) in [6, 6.07) is 11.4. The molecule has 35 heavy (non-hydrogen) atoms. The van der Waals surface area contributed by atoms with Crippen molar-refractivity contribution < 1.29 is 9.21 Å². The lowest BCUT2D eigenvalue weighted by Crippen LogP contribution is -2.41. The van der Waals surface area contributed by atoms with Gasteiger partial charge in [-0.3, -0.25) is 24.0 Å².